The molecule has 0 aliphatic carbocycles. The molecule has 0 aliphatic heterocycles. The number of amides is 1. The Morgan fingerprint density at radius 3 is 2.13 bits per heavy atom. The molecule has 0 saturated carbocycles. The third-order valence-corrected chi connectivity index (χ3v) is 2.12. The first kappa shape index (κ1) is 13.9. The zero-order valence-corrected chi connectivity index (χ0v) is 10.0. The van der Waals surface area contributed by atoms with E-state index in [9.17, 15) is 9.59 Å². The van der Waals surface area contributed by atoms with Crippen LogP contribution in [0.1, 0.15) is 34.1 Å². The zero-order chi connectivity index (χ0) is 12.0. The van der Waals surface area contributed by atoms with E-state index in [1.165, 1.54) is 6.08 Å². The Labute approximate surface area is 91.9 Å². The molecule has 0 aliphatic rings. The topological polar surface area (TPSA) is 46.2 Å². The second-order valence-electron chi connectivity index (χ2n) is 4.45. The Hall–Kier alpha value is -1.12. The van der Waals surface area contributed by atoms with Gasteiger partial charge in [-0.3, -0.25) is 9.59 Å². The summed E-state index contributed by atoms with van der Waals surface area (Å²) in [4.78, 5) is 22.9. The number of ketones is 1. The highest BCUT2D eigenvalue weighted by molar-refractivity contribution is 5.93. The van der Waals surface area contributed by atoms with Crippen LogP contribution in [0.5, 0.6) is 0 Å². The monoisotopic (exact) mass is 211 g/mol. The van der Waals surface area contributed by atoms with Gasteiger partial charge in [0, 0.05) is 5.92 Å². The summed E-state index contributed by atoms with van der Waals surface area (Å²) in [6, 6.07) is -0.379. The third-order valence-electron chi connectivity index (χ3n) is 2.12. The molecule has 0 aromatic carbocycles. The van der Waals surface area contributed by atoms with Crippen LogP contribution in [0.3, 0.4) is 0 Å². The predicted molar refractivity (Wildman–Crippen MR) is 61.4 cm³/mol. The first-order valence-electron chi connectivity index (χ1n) is 5.35. The van der Waals surface area contributed by atoms with Crippen LogP contribution in [0.4, 0.5) is 0 Å². The Morgan fingerprint density at radius 2 is 1.80 bits per heavy atom. The molecule has 0 radical (unpaired) electrons. The van der Waals surface area contributed by atoms with Gasteiger partial charge in [0.1, 0.15) is 0 Å². The molecule has 1 amide bonds. The molecule has 0 bridgehead atoms. The maximum Gasteiger partial charge on any atom is 0.243 e. The van der Waals surface area contributed by atoms with Crippen molar-refractivity contribution in [1.82, 2.24) is 5.32 Å². The van der Waals surface area contributed by atoms with E-state index < -0.39 is 0 Å². The molecule has 0 fully saturated rings. The van der Waals surface area contributed by atoms with E-state index in [0.29, 0.717) is 12.3 Å². The molecule has 1 N–H and O–H groups in total. The van der Waals surface area contributed by atoms with E-state index in [1.54, 1.807) is 0 Å². The minimum Gasteiger partial charge on any atom is -0.343 e. The molecule has 86 valence electrons. The molecule has 3 heteroatoms. The summed E-state index contributed by atoms with van der Waals surface area (Å²) >= 11 is 0. The van der Waals surface area contributed by atoms with E-state index >= 15 is 0 Å². The van der Waals surface area contributed by atoms with Gasteiger partial charge in [-0.2, -0.15) is 0 Å². The van der Waals surface area contributed by atoms with Gasteiger partial charge in [0.05, 0.1) is 6.04 Å². The number of rotatable bonds is 6. The lowest BCUT2D eigenvalue weighted by molar-refractivity contribution is -0.128. The maximum atomic E-state index is 11.8. The molecule has 0 spiro atoms. The van der Waals surface area contributed by atoms with E-state index in [2.05, 4.69) is 11.9 Å². The number of nitrogens with one attached hydrogen (secondary N) is 1. The average Bonchev–Trinajstić information content (AvgIpc) is 2.14. The number of hydrogen-bond donors (Lipinski definition) is 1. The maximum absolute atomic E-state index is 11.8. The van der Waals surface area contributed by atoms with Gasteiger partial charge in [0.25, 0.3) is 0 Å². The summed E-state index contributed by atoms with van der Waals surface area (Å²) in [7, 11) is 0. The van der Waals surface area contributed by atoms with Gasteiger partial charge in [-0.05, 0) is 18.4 Å². The summed E-state index contributed by atoms with van der Waals surface area (Å²) in [6.45, 7) is 11.1. The standard InChI is InChI=1S/C12H21NO2/c1-6-11(14)13-10(7-8(2)3)12(15)9(4)5/h6,8-10H,1,7H2,2-5H3,(H,13,14)/t10-/m0/s1. The van der Waals surface area contributed by atoms with Crippen LogP contribution in [-0.4, -0.2) is 17.7 Å². The third kappa shape index (κ3) is 5.35. The minimum absolute atomic E-state index is 0.0566. The highest BCUT2D eigenvalue weighted by atomic mass is 16.2. The molecule has 0 aromatic rings. The molecule has 0 unspecified atom stereocenters. The van der Waals surface area contributed by atoms with E-state index in [1.807, 2.05) is 27.7 Å². The molecule has 15 heavy (non-hydrogen) atoms. The molecular weight excluding hydrogens is 190 g/mol. The van der Waals surface area contributed by atoms with Gasteiger partial charge in [0.15, 0.2) is 5.78 Å². The molecule has 0 aromatic heterocycles. The number of Topliss-reactive ketones (excluding diaryl/α,β-unsaturated/α-hetero) is 1. The Balaban J connectivity index is 4.50. The first-order valence-corrected chi connectivity index (χ1v) is 5.35. The fourth-order valence-corrected chi connectivity index (χ4v) is 1.35. The molecule has 0 heterocycles. The van der Waals surface area contributed by atoms with E-state index in [-0.39, 0.29) is 23.7 Å². The van der Waals surface area contributed by atoms with Crippen molar-refractivity contribution in [2.45, 2.75) is 40.2 Å². The normalized spacial score (nSPS) is 12.7. The number of carbonyl (C=O) groups is 2. The first-order chi connectivity index (χ1) is 6.88. The van der Waals surface area contributed by atoms with Gasteiger partial charge < -0.3 is 5.32 Å². The molecular formula is C12H21NO2. The van der Waals surface area contributed by atoms with Crippen LogP contribution in [0, 0.1) is 11.8 Å². The minimum atomic E-state index is -0.379. The molecule has 0 rings (SSSR count). The fourth-order valence-electron chi connectivity index (χ4n) is 1.35. The SMILES string of the molecule is C=CC(=O)N[C@@H](CC(C)C)C(=O)C(C)C. The van der Waals surface area contributed by atoms with Gasteiger partial charge in [0.2, 0.25) is 5.91 Å². The van der Waals surface area contributed by atoms with Crippen molar-refractivity contribution in [3.05, 3.63) is 12.7 Å². The van der Waals surface area contributed by atoms with Gasteiger partial charge >= 0.3 is 0 Å². The highest BCUT2D eigenvalue weighted by Crippen LogP contribution is 2.10. The second-order valence-corrected chi connectivity index (χ2v) is 4.45. The molecule has 0 saturated heterocycles. The largest absolute Gasteiger partial charge is 0.343 e. The van der Waals surface area contributed by atoms with Gasteiger partial charge in [-0.25, -0.2) is 0 Å². The van der Waals surface area contributed by atoms with Gasteiger partial charge in [-0.15, -0.1) is 0 Å². The van der Waals surface area contributed by atoms with Crippen molar-refractivity contribution in [3.8, 4) is 0 Å². The van der Waals surface area contributed by atoms with Crippen molar-refractivity contribution in [2.24, 2.45) is 11.8 Å². The smallest absolute Gasteiger partial charge is 0.243 e. The molecule has 1 atom stereocenters. The van der Waals surface area contributed by atoms with Crippen LogP contribution < -0.4 is 5.32 Å². The van der Waals surface area contributed by atoms with Crippen LogP contribution in [0.2, 0.25) is 0 Å². The van der Waals surface area contributed by atoms with Crippen molar-refractivity contribution in [3.63, 3.8) is 0 Å². The predicted octanol–water partition coefficient (Wildman–Crippen LogP) is 1.93. The van der Waals surface area contributed by atoms with Crippen molar-refractivity contribution < 1.29 is 9.59 Å². The van der Waals surface area contributed by atoms with E-state index in [4.69, 9.17) is 0 Å². The van der Waals surface area contributed by atoms with Crippen LogP contribution in [-0.2, 0) is 9.59 Å². The lowest BCUT2D eigenvalue weighted by Crippen LogP contribution is -2.42. The van der Waals surface area contributed by atoms with Crippen LogP contribution in [0.25, 0.3) is 0 Å². The summed E-state index contributed by atoms with van der Waals surface area (Å²) in [5.74, 6) is 0.121. The quantitative estimate of drug-likeness (QED) is 0.682. The van der Waals surface area contributed by atoms with Crippen LogP contribution in [0.15, 0.2) is 12.7 Å². The average molecular weight is 211 g/mol. The second kappa shape index (κ2) is 6.38. The Morgan fingerprint density at radius 1 is 1.27 bits per heavy atom. The van der Waals surface area contributed by atoms with Crippen molar-refractivity contribution >= 4 is 11.7 Å². The molecule has 3 nitrogen and oxygen atoms in total. The lowest BCUT2D eigenvalue weighted by atomic mass is 9.94. The highest BCUT2D eigenvalue weighted by Gasteiger charge is 2.22. The van der Waals surface area contributed by atoms with Gasteiger partial charge in [-0.1, -0.05) is 34.3 Å². The summed E-state index contributed by atoms with van der Waals surface area (Å²) in [5, 5.41) is 2.67. The van der Waals surface area contributed by atoms with Crippen molar-refractivity contribution in [2.75, 3.05) is 0 Å². The van der Waals surface area contributed by atoms with Crippen molar-refractivity contribution in [1.29, 1.82) is 0 Å². The summed E-state index contributed by atoms with van der Waals surface area (Å²) in [5.41, 5.74) is 0. The zero-order valence-electron chi connectivity index (χ0n) is 10.0. The lowest BCUT2D eigenvalue weighted by Gasteiger charge is -2.20. The number of hydrogen-bond acceptors (Lipinski definition) is 2. The Kier molecular flexibility index (Phi) is 5.90. The fraction of sp³-hybridized carbons (Fsp3) is 0.667. The van der Waals surface area contributed by atoms with E-state index in [0.717, 1.165) is 0 Å². The summed E-state index contributed by atoms with van der Waals surface area (Å²) in [6.07, 6.45) is 1.87. The van der Waals surface area contributed by atoms with Crippen LogP contribution >= 0.6 is 0 Å². The Bertz CT molecular complexity index is 244. The number of carbonyl (C=O) groups excluding carboxylic acids is 2. The summed E-state index contributed by atoms with van der Waals surface area (Å²) < 4.78 is 0.